The maximum absolute atomic E-state index is 12.8. The summed E-state index contributed by atoms with van der Waals surface area (Å²) >= 11 is 0. The number of benzene rings is 1. The summed E-state index contributed by atoms with van der Waals surface area (Å²) in [6.45, 7) is 6.79. The summed E-state index contributed by atoms with van der Waals surface area (Å²) in [7, 11) is -3.48. The fourth-order valence-electron chi connectivity index (χ4n) is 3.35. The molecule has 0 unspecified atom stereocenters. The lowest BCUT2D eigenvalue weighted by atomic mass is 9.99. The van der Waals surface area contributed by atoms with Crippen LogP contribution in [-0.4, -0.2) is 69.5 Å². The Morgan fingerprint density at radius 3 is 2.31 bits per heavy atom. The zero-order valence-electron chi connectivity index (χ0n) is 15.2. The van der Waals surface area contributed by atoms with Crippen LogP contribution in [0.15, 0.2) is 29.2 Å². The van der Waals surface area contributed by atoms with E-state index in [1.165, 1.54) is 4.31 Å². The number of piperazine rings is 1. The summed E-state index contributed by atoms with van der Waals surface area (Å²) in [4.78, 5) is 14.8. The molecule has 1 amide bonds. The Labute approximate surface area is 155 Å². The predicted octanol–water partition coefficient (Wildman–Crippen LogP) is 1.38. The summed E-state index contributed by atoms with van der Waals surface area (Å²) < 4.78 is 32.3. The number of carbonyl (C=O) groups excluding carboxylic acids is 1. The highest BCUT2D eigenvalue weighted by Crippen LogP contribution is 2.21. The molecule has 0 saturated carbocycles. The zero-order valence-corrected chi connectivity index (χ0v) is 16.0. The maximum atomic E-state index is 12.8. The summed E-state index contributed by atoms with van der Waals surface area (Å²) in [5, 5.41) is 2.87. The standard InChI is InChI=1S/C18H27N3O4S/c1-2-20-9-11-21(12-10-20)26(23,24)17-5-3-16(4-6-17)19-18(22)15-7-13-25-14-8-15/h3-6,15H,2,7-14H2,1H3,(H,19,22). The SMILES string of the molecule is CCN1CCN(S(=O)(=O)c2ccc(NC(=O)C3CCOCC3)cc2)CC1. The van der Waals surface area contributed by atoms with Gasteiger partial charge in [0.1, 0.15) is 0 Å². The summed E-state index contributed by atoms with van der Waals surface area (Å²) in [5.74, 6) is -0.0679. The van der Waals surface area contributed by atoms with E-state index in [0.29, 0.717) is 32.0 Å². The number of nitrogens with one attached hydrogen (secondary N) is 1. The highest BCUT2D eigenvalue weighted by molar-refractivity contribution is 7.89. The first-order valence-corrected chi connectivity index (χ1v) is 10.7. The van der Waals surface area contributed by atoms with E-state index in [1.54, 1.807) is 24.3 Å². The number of carbonyl (C=O) groups is 1. The Bertz CT molecular complexity index is 706. The third-order valence-corrected chi connectivity index (χ3v) is 7.04. The highest BCUT2D eigenvalue weighted by atomic mass is 32.2. The van der Waals surface area contributed by atoms with Crippen LogP contribution >= 0.6 is 0 Å². The van der Waals surface area contributed by atoms with Crippen molar-refractivity contribution in [1.29, 1.82) is 0 Å². The Balaban J connectivity index is 1.62. The predicted molar refractivity (Wildman–Crippen MR) is 99.5 cm³/mol. The molecular formula is C18H27N3O4S. The van der Waals surface area contributed by atoms with Crippen molar-refractivity contribution in [3.8, 4) is 0 Å². The Morgan fingerprint density at radius 1 is 1.12 bits per heavy atom. The normalized spacial score (nSPS) is 20.8. The molecule has 7 nitrogen and oxygen atoms in total. The number of likely N-dealkylation sites (N-methyl/N-ethyl adjacent to an activating group) is 1. The first-order valence-electron chi connectivity index (χ1n) is 9.22. The summed E-state index contributed by atoms with van der Waals surface area (Å²) in [6.07, 6.45) is 1.45. The smallest absolute Gasteiger partial charge is 0.243 e. The second kappa shape index (κ2) is 8.47. The lowest BCUT2D eigenvalue weighted by Crippen LogP contribution is -2.48. The molecule has 2 aliphatic heterocycles. The van der Waals surface area contributed by atoms with E-state index in [2.05, 4.69) is 17.1 Å². The average molecular weight is 381 g/mol. The monoisotopic (exact) mass is 381 g/mol. The molecule has 2 heterocycles. The van der Waals surface area contributed by atoms with Gasteiger partial charge >= 0.3 is 0 Å². The number of hydrogen-bond donors (Lipinski definition) is 1. The first kappa shape index (κ1) is 19.3. The van der Waals surface area contributed by atoms with Crippen LogP contribution < -0.4 is 5.32 Å². The number of sulfonamides is 1. The molecule has 0 atom stereocenters. The van der Waals surface area contributed by atoms with Gasteiger partial charge in [-0.2, -0.15) is 4.31 Å². The number of amides is 1. The zero-order chi connectivity index (χ0) is 18.6. The van der Waals surface area contributed by atoms with Crippen LogP contribution in [0.3, 0.4) is 0 Å². The summed E-state index contributed by atoms with van der Waals surface area (Å²) in [6, 6.07) is 6.46. The van der Waals surface area contributed by atoms with Gasteiger partial charge < -0.3 is 15.0 Å². The van der Waals surface area contributed by atoms with E-state index in [9.17, 15) is 13.2 Å². The van der Waals surface area contributed by atoms with E-state index in [1.807, 2.05) is 0 Å². The van der Waals surface area contributed by atoms with E-state index < -0.39 is 10.0 Å². The molecule has 8 heteroatoms. The van der Waals surface area contributed by atoms with Crippen molar-refractivity contribution in [2.24, 2.45) is 5.92 Å². The van der Waals surface area contributed by atoms with Crippen molar-refractivity contribution in [2.75, 3.05) is 51.3 Å². The van der Waals surface area contributed by atoms with Crippen molar-refractivity contribution in [3.63, 3.8) is 0 Å². The van der Waals surface area contributed by atoms with Crippen LogP contribution in [0.4, 0.5) is 5.69 Å². The Kier molecular flexibility index (Phi) is 6.29. The van der Waals surface area contributed by atoms with Crippen molar-refractivity contribution >= 4 is 21.6 Å². The van der Waals surface area contributed by atoms with Gasteiger partial charge in [0.05, 0.1) is 4.90 Å². The molecule has 1 aromatic rings. The van der Waals surface area contributed by atoms with E-state index in [4.69, 9.17) is 4.74 Å². The molecule has 0 aromatic heterocycles. The van der Waals surface area contributed by atoms with E-state index in [0.717, 1.165) is 32.5 Å². The molecule has 0 radical (unpaired) electrons. The topological polar surface area (TPSA) is 79.0 Å². The molecule has 3 rings (SSSR count). The quantitative estimate of drug-likeness (QED) is 0.834. The van der Waals surface area contributed by atoms with Gasteiger partial charge in [0, 0.05) is 51.0 Å². The van der Waals surface area contributed by atoms with E-state index >= 15 is 0 Å². The number of hydrogen-bond acceptors (Lipinski definition) is 5. The molecule has 0 bridgehead atoms. The number of anilines is 1. The highest BCUT2D eigenvalue weighted by Gasteiger charge is 2.28. The van der Waals surface area contributed by atoms with Crippen LogP contribution in [0.2, 0.25) is 0 Å². The maximum Gasteiger partial charge on any atom is 0.243 e. The largest absolute Gasteiger partial charge is 0.381 e. The molecule has 26 heavy (non-hydrogen) atoms. The van der Waals surface area contributed by atoms with Crippen LogP contribution in [0.5, 0.6) is 0 Å². The van der Waals surface area contributed by atoms with Crippen LogP contribution in [0.25, 0.3) is 0 Å². The van der Waals surface area contributed by atoms with Gasteiger partial charge in [-0.3, -0.25) is 4.79 Å². The van der Waals surface area contributed by atoms with E-state index in [-0.39, 0.29) is 16.7 Å². The second-order valence-corrected chi connectivity index (χ2v) is 8.68. The third-order valence-electron chi connectivity index (χ3n) is 5.13. The molecule has 1 N–H and O–H groups in total. The van der Waals surface area contributed by atoms with Gasteiger partial charge in [0.2, 0.25) is 15.9 Å². The van der Waals surface area contributed by atoms with Gasteiger partial charge in [-0.1, -0.05) is 6.92 Å². The second-order valence-electron chi connectivity index (χ2n) is 6.74. The van der Waals surface area contributed by atoms with Gasteiger partial charge in [0.15, 0.2) is 0 Å². The number of nitrogens with zero attached hydrogens (tertiary/aromatic N) is 2. The minimum Gasteiger partial charge on any atom is -0.381 e. The average Bonchev–Trinajstić information content (AvgIpc) is 2.69. The van der Waals surface area contributed by atoms with Crippen LogP contribution in [-0.2, 0) is 19.6 Å². The lowest BCUT2D eigenvalue weighted by molar-refractivity contribution is -0.122. The fraction of sp³-hybridized carbons (Fsp3) is 0.611. The fourth-order valence-corrected chi connectivity index (χ4v) is 4.77. The minimum atomic E-state index is -3.48. The molecular weight excluding hydrogens is 354 g/mol. The molecule has 0 aliphatic carbocycles. The molecule has 144 valence electrons. The van der Waals surface area contributed by atoms with Crippen LogP contribution in [0.1, 0.15) is 19.8 Å². The molecule has 2 aliphatic rings. The molecule has 2 fully saturated rings. The van der Waals surface area contributed by atoms with Crippen molar-refractivity contribution in [3.05, 3.63) is 24.3 Å². The van der Waals surface area contributed by atoms with Crippen molar-refractivity contribution in [1.82, 2.24) is 9.21 Å². The summed E-state index contributed by atoms with van der Waals surface area (Å²) in [5.41, 5.74) is 0.622. The third kappa shape index (κ3) is 4.43. The lowest BCUT2D eigenvalue weighted by Gasteiger charge is -2.33. The first-order chi connectivity index (χ1) is 12.5. The molecule has 1 aromatic carbocycles. The molecule has 2 saturated heterocycles. The van der Waals surface area contributed by atoms with Crippen molar-refractivity contribution < 1.29 is 17.9 Å². The number of rotatable bonds is 5. The Morgan fingerprint density at radius 2 is 1.73 bits per heavy atom. The number of ether oxygens (including phenoxy) is 1. The van der Waals surface area contributed by atoms with Gasteiger partial charge in [-0.15, -0.1) is 0 Å². The minimum absolute atomic E-state index is 0.0282. The van der Waals surface area contributed by atoms with Crippen LogP contribution in [0, 0.1) is 5.92 Å². The molecule has 0 spiro atoms. The van der Waals surface area contributed by atoms with Gasteiger partial charge in [-0.25, -0.2) is 8.42 Å². The Hall–Kier alpha value is -1.48. The van der Waals surface area contributed by atoms with Crippen molar-refractivity contribution in [2.45, 2.75) is 24.7 Å². The van der Waals surface area contributed by atoms with Gasteiger partial charge in [-0.05, 0) is 43.7 Å². The van der Waals surface area contributed by atoms with Gasteiger partial charge in [0.25, 0.3) is 0 Å².